The summed E-state index contributed by atoms with van der Waals surface area (Å²) in [4.78, 5) is 47.1. The Morgan fingerprint density at radius 3 is 2.68 bits per heavy atom. The minimum Gasteiger partial charge on any atom is -0.336 e. The van der Waals surface area contributed by atoms with E-state index in [0.29, 0.717) is 30.0 Å². The maximum absolute atomic E-state index is 12.7. The van der Waals surface area contributed by atoms with Gasteiger partial charge in [-0.1, -0.05) is 24.6 Å². The molecule has 1 aliphatic carbocycles. The summed E-state index contributed by atoms with van der Waals surface area (Å²) in [6.07, 6.45) is 4.54. The van der Waals surface area contributed by atoms with E-state index in [-0.39, 0.29) is 23.9 Å². The Morgan fingerprint density at radius 1 is 1.32 bits per heavy atom. The van der Waals surface area contributed by atoms with Crippen LogP contribution >= 0.6 is 11.8 Å². The van der Waals surface area contributed by atoms with Crippen molar-refractivity contribution < 1.29 is 9.59 Å². The van der Waals surface area contributed by atoms with Crippen molar-refractivity contribution in [3.05, 3.63) is 22.1 Å². The number of thioether (sulfide) groups is 1. The van der Waals surface area contributed by atoms with Gasteiger partial charge in [0.25, 0.3) is 5.56 Å². The number of aromatic amines is 1. The van der Waals surface area contributed by atoms with Crippen LogP contribution in [-0.2, 0) is 9.59 Å². The van der Waals surface area contributed by atoms with E-state index in [9.17, 15) is 14.4 Å². The number of carbonyl (C=O) groups is 2. The Bertz CT molecular complexity index is 714. The van der Waals surface area contributed by atoms with Crippen molar-refractivity contribution in [3.63, 3.8) is 0 Å². The molecule has 1 saturated heterocycles. The number of carbonyl (C=O) groups excluding carboxylic acids is 2. The molecule has 1 aromatic heterocycles. The van der Waals surface area contributed by atoms with Gasteiger partial charge >= 0.3 is 0 Å². The normalized spacial score (nSPS) is 20.2. The maximum atomic E-state index is 12.7. The van der Waals surface area contributed by atoms with Crippen LogP contribution in [0.3, 0.4) is 0 Å². The molecule has 136 valence electrons. The summed E-state index contributed by atoms with van der Waals surface area (Å²) in [5, 5.41) is 0.0255. The van der Waals surface area contributed by atoms with Crippen LogP contribution in [0.25, 0.3) is 0 Å². The van der Waals surface area contributed by atoms with Gasteiger partial charge in [0.05, 0.1) is 11.8 Å². The van der Waals surface area contributed by atoms with Crippen molar-refractivity contribution in [3.8, 4) is 0 Å². The van der Waals surface area contributed by atoms with Gasteiger partial charge in [0.1, 0.15) is 0 Å². The van der Waals surface area contributed by atoms with Gasteiger partial charge in [0.15, 0.2) is 5.16 Å². The molecule has 1 saturated carbocycles. The molecule has 1 unspecified atom stereocenters. The lowest BCUT2D eigenvalue weighted by Crippen LogP contribution is -2.56. The predicted octanol–water partition coefficient (Wildman–Crippen LogP) is 1.17. The first-order valence-electron chi connectivity index (χ1n) is 8.77. The quantitative estimate of drug-likeness (QED) is 0.640. The molecule has 2 fully saturated rings. The van der Waals surface area contributed by atoms with Gasteiger partial charge < -0.3 is 14.8 Å². The monoisotopic (exact) mass is 364 g/mol. The van der Waals surface area contributed by atoms with Crippen molar-refractivity contribution >= 4 is 23.6 Å². The third-order valence-electron chi connectivity index (χ3n) is 4.82. The molecular formula is C17H24N4O3S. The highest BCUT2D eigenvalue weighted by Crippen LogP contribution is 2.26. The van der Waals surface area contributed by atoms with E-state index < -0.39 is 5.25 Å². The number of rotatable bonds is 4. The van der Waals surface area contributed by atoms with E-state index >= 15 is 0 Å². The minimum absolute atomic E-state index is 0.0470. The van der Waals surface area contributed by atoms with Gasteiger partial charge in [0.2, 0.25) is 11.8 Å². The van der Waals surface area contributed by atoms with Gasteiger partial charge in [-0.05, 0) is 26.7 Å². The zero-order valence-corrected chi connectivity index (χ0v) is 15.5. The molecule has 7 nitrogen and oxygen atoms in total. The fourth-order valence-electron chi connectivity index (χ4n) is 3.56. The van der Waals surface area contributed by atoms with Crippen LogP contribution in [0.4, 0.5) is 0 Å². The van der Waals surface area contributed by atoms with Crippen LogP contribution in [0, 0.1) is 6.92 Å². The van der Waals surface area contributed by atoms with E-state index in [1.165, 1.54) is 30.7 Å². The summed E-state index contributed by atoms with van der Waals surface area (Å²) in [6, 6.07) is 1.77. The van der Waals surface area contributed by atoms with E-state index in [2.05, 4.69) is 9.97 Å². The van der Waals surface area contributed by atoms with Crippen molar-refractivity contribution in [2.75, 3.05) is 19.6 Å². The topological polar surface area (TPSA) is 86.4 Å². The van der Waals surface area contributed by atoms with E-state index in [1.807, 2.05) is 4.90 Å². The Hall–Kier alpha value is -1.83. The van der Waals surface area contributed by atoms with Crippen LogP contribution in [-0.4, -0.2) is 62.5 Å². The minimum atomic E-state index is -0.407. The molecule has 2 aliphatic rings. The molecule has 1 aliphatic heterocycles. The van der Waals surface area contributed by atoms with Gasteiger partial charge in [-0.3, -0.25) is 14.4 Å². The molecule has 2 amide bonds. The highest BCUT2D eigenvalue weighted by molar-refractivity contribution is 8.00. The zero-order valence-electron chi connectivity index (χ0n) is 14.7. The molecule has 1 atom stereocenters. The maximum Gasteiger partial charge on any atom is 0.251 e. The molecule has 3 rings (SSSR count). The molecule has 1 aromatic rings. The van der Waals surface area contributed by atoms with Crippen molar-refractivity contribution in [1.82, 2.24) is 19.8 Å². The van der Waals surface area contributed by atoms with E-state index in [0.717, 1.165) is 12.8 Å². The molecule has 0 radical (unpaired) electrons. The van der Waals surface area contributed by atoms with Crippen molar-refractivity contribution in [2.45, 2.75) is 56.0 Å². The Kier molecular flexibility index (Phi) is 5.46. The summed E-state index contributed by atoms with van der Waals surface area (Å²) in [5.74, 6) is -0.0423. The predicted molar refractivity (Wildman–Crippen MR) is 95.5 cm³/mol. The second kappa shape index (κ2) is 7.59. The summed E-state index contributed by atoms with van der Waals surface area (Å²) in [6.45, 7) is 4.86. The summed E-state index contributed by atoms with van der Waals surface area (Å²) >= 11 is 1.22. The van der Waals surface area contributed by atoms with Crippen LogP contribution in [0.1, 0.15) is 38.3 Å². The third kappa shape index (κ3) is 4.23. The highest BCUT2D eigenvalue weighted by Gasteiger charge is 2.34. The number of aryl methyl sites for hydroxylation is 1. The van der Waals surface area contributed by atoms with Crippen LogP contribution in [0.2, 0.25) is 0 Å². The van der Waals surface area contributed by atoms with E-state index in [4.69, 9.17) is 0 Å². The van der Waals surface area contributed by atoms with Crippen molar-refractivity contribution in [2.24, 2.45) is 0 Å². The molecular weight excluding hydrogens is 340 g/mol. The van der Waals surface area contributed by atoms with Gasteiger partial charge in [0, 0.05) is 30.9 Å². The first-order valence-corrected chi connectivity index (χ1v) is 9.65. The fourth-order valence-corrected chi connectivity index (χ4v) is 4.50. The Morgan fingerprint density at radius 2 is 2.04 bits per heavy atom. The molecule has 0 bridgehead atoms. The summed E-state index contributed by atoms with van der Waals surface area (Å²) in [7, 11) is 0. The number of piperazine rings is 1. The summed E-state index contributed by atoms with van der Waals surface area (Å²) in [5.41, 5.74) is 0.390. The average molecular weight is 364 g/mol. The van der Waals surface area contributed by atoms with Crippen molar-refractivity contribution in [1.29, 1.82) is 0 Å². The largest absolute Gasteiger partial charge is 0.336 e. The average Bonchev–Trinajstić information content (AvgIpc) is 3.07. The van der Waals surface area contributed by atoms with Crippen LogP contribution in [0.15, 0.2) is 16.0 Å². The SMILES string of the molecule is Cc1cc(=O)[nH]c(SC(C)C(=O)N2CCN(C3CCCC3)C(=O)C2)n1. The number of nitrogens with zero attached hydrogens (tertiary/aromatic N) is 3. The lowest BCUT2D eigenvalue weighted by atomic mass is 10.1. The molecule has 2 heterocycles. The van der Waals surface area contributed by atoms with Crippen LogP contribution < -0.4 is 5.56 Å². The lowest BCUT2D eigenvalue weighted by molar-refractivity contribution is -0.146. The number of nitrogens with one attached hydrogen (secondary N) is 1. The molecule has 0 spiro atoms. The second-order valence-corrected chi connectivity index (χ2v) is 8.07. The van der Waals surface area contributed by atoms with E-state index in [1.54, 1.807) is 18.7 Å². The highest BCUT2D eigenvalue weighted by atomic mass is 32.2. The second-order valence-electron chi connectivity index (χ2n) is 6.74. The van der Waals surface area contributed by atoms with Crippen LogP contribution in [0.5, 0.6) is 0 Å². The molecule has 1 N–H and O–H groups in total. The fraction of sp³-hybridized carbons (Fsp3) is 0.647. The van der Waals surface area contributed by atoms with Gasteiger partial charge in [-0.2, -0.15) is 0 Å². The number of aromatic nitrogens is 2. The molecule has 25 heavy (non-hydrogen) atoms. The number of H-pyrrole nitrogens is 1. The Balaban J connectivity index is 1.59. The smallest absolute Gasteiger partial charge is 0.251 e. The standard InChI is InChI=1S/C17H24N4O3S/c1-11-9-14(22)19-17(18-11)25-12(2)16(24)20-7-8-21(15(23)10-20)13-5-3-4-6-13/h9,12-13H,3-8,10H2,1-2H3,(H,18,19,22). The first kappa shape index (κ1) is 18.0. The number of hydrogen-bond acceptors (Lipinski definition) is 5. The lowest BCUT2D eigenvalue weighted by Gasteiger charge is -2.38. The molecule has 0 aromatic carbocycles. The third-order valence-corrected chi connectivity index (χ3v) is 5.79. The first-order chi connectivity index (χ1) is 11.9. The van der Waals surface area contributed by atoms with Gasteiger partial charge in [-0.15, -0.1) is 0 Å². The Labute approximate surface area is 151 Å². The number of amides is 2. The van der Waals surface area contributed by atoms with Gasteiger partial charge in [-0.25, -0.2) is 4.98 Å². The zero-order chi connectivity index (χ0) is 18.0. The number of hydrogen-bond donors (Lipinski definition) is 1. The summed E-state index contributed by atoms with van der Waals surface area (Å²) < 4.78 is 0. The molecule has 8 heteroatoms.